The number of esters is 1. The van der Waals surface area contributed by atoms with E-state index in [0.29, 0.717) is 6.61 Å². The Kier molecular flexibility index (Phi) is 11.4. The number of rotatable bonds is 7. The van der Waals surface area contributed by atoms with Gasteiger partial charge in [0.05, 0.1) is 6.61 Å². The van der Waals surface area contributed by atoms with Crippen molar-refractivity contribution >= 4 is 42.5 Å². The van der Waals surface area contributed by atoms with Crippen molar-refractivity contribution in [3.63, 3.8) is 0 Å². The van der Waals surface area contributed by atoms with Crippen molar-refractivity contribution in [2.45, 2.75) is 58.1 Å². The van der Waals surface area contributed by atoms with Gasteiger partial charge in [0.2, 0.25) is 0 Å². The molecule has 0 aromatic rings. The predicted molar refractivity (Wildman–Crippen MR) is 73.1 cm³/mol. The number of ether oxygens (including phenoxy) is 1. The van der Waals surface area contributed by atoms with E-state index in [1.807, 2.05) is 0 Å². The monoisotopic (exact) mass is 352 g/mol. The maximum Gasteiger partial charge on any atom is 0.321 e. The zero-order chi connectivity index (χ0) is 11.9. The number of thiol groups is 1. The standard InChI is InChI=1S/C12H24O2S.Sn/c1-10(2)8-6-5-7-9-14-11(13)12(3,4)15;/h10,15H,5-9H2,1-4H3;. The van der Waals surface area contributed by atoms with Gasteiger partial charge in [0.1, 0.15) is 4.75 Å². The van der Waals surface area contributed by atoms with Crippen molar-refractivity contribution in [1.82, 2.24) is 0 Å². The number of unbranched alkanes of at least 4 members (excludes halogenated alkanes) is 2. The Morgan fingerprint density at radius 1 is 1.25 bits per heavy atom. The van der Waals surface area contributed by atoms with Crippen molar-refractivity contribution in [2.75, 3.05) is 6.61 Å². The van der Waals surface area contributed by atoms with E-state index in [0.717, 1.165) is 18.8 Å². The van der Waals surface area contributed by atoms with E-state index < -0.39 is 4.75 Å². The first-order chi connectivity index (χ1) is 6.84. The van der Waals surface area contributed by atoms with Gasteiger partial charge in [-0.1, -0.05) is 33.1 Å². The Balaban J connectivity index is 0. The quantitative estimate of drug-likeness (QED) is 0.330. The first-order valence-electron chi connectivity index (χ1n) is 5.73. The molecule has 94 valence electrons. The minimum absolute atomic E-state index is 0. The minimum Gasteiger partial charge on any atom is -0.465 e. The summed E-state index contributed by atoms with van der Waals surface area (Å²) in [5.41, 5.74) is 0. The van der Waals surface area contributed by atoms with E-state index in [1.165, 1.54) is 12.8 Å². The number of hydrogen-bond acceptors (Lipinski definition) is 3. The summed E-state index contributed by atoms with van der Waals surface area (Å²) in [5, 5.41) is 0. The van der Waals surface area contributed by atoms with Gasteiger partial charge < -0.3 is 4.74 Å². The normalized spacial score (nSPS) is 11.1. The van der Waals surface area contributed by atoms with E-state index in [-0.39, 0.29) is 29.9 Å². The SMILES string of the molecule is CC(C)CCCCCOC(=O)C(C)(C)S.[Sn]. The summed E-state index contributed by atoms with van der Waals surface area (Å²) < 4.78 is 4.43. The summed E-state index contributed by atoms with van der Waals surface area (Å²) in [4.78, 5) is 11.3. The molecule has 0 aromatic carbocycles. The second kappa shape index (κ2) is 9.63. The van der Waals surface area contributed by atoms with Gasteiger partial charge in [-0.25, -0.2) is 0 Å². The number of hydrogen-bond donors (Lipinski definition) is 1. The molecule has 0 aliphatic rings. The summed E-state index contributed by atoms with van der Waals surface area (Å²) in [5.74, 6) is 0.540. The molecular formula is C12H24O2SSn. The molecule has 4 radical (unpaired) electrons. The van der Waals surface area contributed by atoms with Crippen molar-refractivity contribution < 1.29 is 9.53 Å². The van der Waals surface area contributed by atoms with Gasteiger partial charge in [-0.3, -0.25) is 4.79 Å². The van der Waals surface area contributed by atoms with E-state index in [2.05, 4.69) is 26.5 Å². The Hall–Kier alpha value is 0.619. The van der Waals surface area contributed by atoms with Crippen LogP contribution in [-0.2, 0) is 9.53 Å². The molecular weight excluding hydrogens is 327 g/mol. The Morgan fingerprint density at radius 2 is 1.81 bits per heavy atom. The maximum absolute atomic E-state index is 11.3. The van der Waals surface area contributed by atoms with Gasteiger partial charge in [-0.05, 0) is 26.2 Å². The van der Waals surface area contributed by atoms with Crippen LogP contribution < -0.4 is 0 Å². The van der Waals surface area contributed by atoms with Crippen LogP contribution in [0.1, 0.15) is 53.4 Å². The van der Waals surface area contributed by atoms with Gasteiger partial charge >= 0.3 is 5.97 Å². The van der Waals surface area contributed by atoms with Gasteiger partial charge in [-0.2, -0.15) is 12.6 Å². The second-order valence-corrected chi connectivity index (χ2v) is 6.06. The van der Waals surface area contributed by atoms with Crippen molar-refractivity contribution in [2.24, 2.45) is 5.92 Å². The average Bonchev–Trinajstić information content (AvgIpc) is 2.08. The van der Waals surface area contributed by atoms with Crippen molar-refractivity contribution in [1.29, 1.82) is 0 Å². The van der Waals surface area contributed by atoms with Crippen LogP contribution in [0.4, 0.5) is 0 Å². The second-order valence-electron chi connectivity index (χ2n) is 4.94. The molecule has 0 bridgehead atoms. The Morgan fingerprint density at radius 3 is 2.25 bits per heavy atom. The minimum atomic E-state index is -0.669. The molecule has 4 heteroatoms. The van der Waals surface area contributed by atoms with E-state index in [9.17, 15) is 4.79 Å². The van der Waals surface area contributed by atoms with Crippen LogP contribution in [0.5, 0.6) is 0 Å². The van der Waals surface area contributed by atoms with Crippen LogP contribution in [0, 0.1) is 5.92 Å². The van der Waals surface area contributed by atoms with Gasteiger partial charge in [0.25, 0.3) is 0 Å². The summed E-state index contributed by atoms with van der Waals surface area (Å²) in [7, 11) is 0. The molecule has 0 aliphatic heterocycles. The molecule has 0 aromatic heterocycles. The summed E-state index contributed by atoms with van der Waals surface area (Å²) >= 11 is 4.15. The van der Waals surface area contributed by atoms with Gasteiger partial charge in [0, 0.05) is 23.9 Å². The van der Waals surface area contributed by atoms with Crippen molar-refractivity contribution in [3.05, 3.63) is 0 Å². The largest absolute Gasteiger partial charge is 0.465 e. The van der Waals surface area contributed by atoms with Crippen LogP contribution in [-0.4, -0.2) is 41.2 Å². The first-order valence-corrected chi connectivity index (χ1v) is 6.18. The summed E-state index contributed by atoms with van der Waals surface area (Å²) in [6, 6.07) is 0. The third kappa shape index (κ3) is 11.1. The predicted octanol–water partition coefficient (Wildman–Crippen LogP) is 3.07. The average molecular weight is 351 g/mol. The van der Waals surface area contributed by atoms with Crippen molar-refractivity contribution in [3.8, 4) is 0 Å². The third-order valence-corrected chi connectivity index (χ3v) is 2.34. The molecule has 0 aliphatic carbocycles. The topological polar surface area (TPSA) is 26.3 Å². The molecule has 0 rings (SSSR count). The molecule has 0 saturated heterocycles. The summed E-state index contributed by atoms with van der Waals surface area (Å²) in [6.07, 6.45) is 4.58. The fourth-order valence-electron chi connectivity index (χ4n) is 1.17. The van der Waals surface area contributed by atoms with Crippen LogP contribution in [0.2, 0.25) is 0 Å². The Labute approximate surface area is 122 Å². The van der Waals surface area contributed by atoms with E-state index >= 15 is 0 Å². The molecule has 0 unspecified atom stereocenters. The van der Waals surface area contributed by atoms with E-state index in [1.54, 1.807) is 13.8 Å². The zero-order valence-corrected chi connectivity index (χ0v) is 14.6. The molecule has 0 spiro atoms. The fourth-order valence-corrected chi connectivity index (χ4v) is 1.24. The molecule has 0 amide bonds. The molecule has 16 heavy (non-hydrogen) atoms. The summed E-state index contributed by atoms with van der Waals surface area (Å²) in [6.45, 7) is 8.47. The fraction of sp³-hybridized carbons (Fsp3) is 0.917. The smallest absolute Gasteiger partial charge is 0.321 e. The van der Waals surface area contributed by atoms with Crippen LogP contribution in [0.3, 0.4) is 0 Å². The van der Waals surface area contributed by atoms with Crippen LogP contribution in [0.25, 0.3) is 0 Å². The molecule has 0 saturated carbocycles. The van der Waals surface area contributed by atoms with Crippen LogP contribution in [0.15, 0.2) is 0 Å². The Bertz CT molecular complexity index is 188. The molecule has 2 nitrogen and oxygen atoms in total. The molecule has 0 N–H and O–H groups in total. The molecule has 0 atom stereocenters. The van der Waals surface area contributed by atoms with Crippen LogP contribution >= 0.6 is 12.6 Å². The van der Waals surface area contributed by atoms with E-state index in [4.69, 9.17) is 4.74 Å². The van der Waals surface area contributed by atoms with Gasteiger partial charge in [-0.15, -0.1) is 0 Å². The molecule has 0 fully saturated rings. The van der Waals surface area contributed by atoms with Gasteiger partial charge in [0.15, 0.2) is 0 Å². The number of carbonyl (C=O) groups is 1. The maximum atomic E-state index is 11.3. The molecule has 0 heterocycles. The first kappa shape index (κ1) is 19.0. The zero-order valence-electron chi connectivity index (χ0n) is 10.9. The third-order valence-electron chi connectivity index (χ3n) is 2.16. The number of carbonyl (C=O) groups excluding carboxylic acids is 1.